The summed E-state index contributed by atoms with van der Waals surface area (Å²) in [6.45, 7) is 1.95. The van der Waals surface area contributed by atoms with Gasteiger partial charge in [0.05, 0.1) is 0 Å². The average Bonchev–Trinajstić information content (AvgIpc) is 2.64. The molecule has 1 heterocycles. The van der Waals surface area contributed by atoms with E-state index >= 15 is 0 Å². The number of nitrogens with one attached hydrogen (secondary N) is 1. The van der Waals surface area contributed by atoms with E-state index in [9.17, 15) is 8.78 Å². The first-order chi connectivity index (χ1) is 9.47. The SMILES string of the molecule is Cc1cc(CNc2cccc(OC(F)F)c2)c(C)n1C. The van der Waals surface area contributed by atoms with Gasteiger partial charge in [-0.2, -0.15) is 8.78 Å². The summed E-state index contributed by atoms with van der Waals surface area (Å²) in [5.74, 6) is 0.158. The maximum atomic E-state index is 12.2. The van der Waals surface area contributed by atoms with Gasteiger partial charge >= 0.3 is 6.61 Å². The van der Waals surface area contributed by atoms with Crippen LogP contribution in [0.2, 0.25) is 0 Å². The number of nitrogens with zero attached hydrogens (tertiary/aromatic N) is 1. The van der Waals surface area contributed by atoms with Crippen molar-refractivity contribution in [1.82, 2.24) is 4.57 Å². The molecule has 0 aliphatic heterocycles. The molecule has 1 aromatic carbocycles. The Labute approximate surface area is 117 Å². The lowest BCUT2D eigenvalue weighted by Gasteiger charge is -2.09. The molecule has 2 aromatic rings. The fourth-order valence-electron chi connectivity index (χ4n) is 2.09. The third-order valence-electron chi connectivity index (χ3n) is 3.42. The summed E-state index contributed by atoms with van der Waals surface area (Å²) >= 11 is 0. The van der Waals surface area contributed by atoms with Gasteiger partial charge in [0.2, 0.25) is 0 Å². The molecular weight excluding hydrogens is 262 g/mol. The number of alkyl halides is 2. The molecule has 0 aliphatic rings. The van der Waals surface area contributed by atoms with Crippen molar-refractivity contribution in [3.63, 3.8) is 0 Å². The average molecular weight is 280 g/mol. The topological polar surface area (TPSA) is 26.2 Å². The Morgan fingerprint density at radius 1 is 1.25 bits per heavy atom. The molecule has 0 spiro atoms. The van der Waals surface area contributed by atoms with Gasteiger partial charge in [-0.3, -0.25) is 0 Å². The van der Waals surface area contributed by atoms with Crippen molar-refractivity contribution in [2.75, 3.05) is 5.32 Å². The van der Waals surface area contributed by atoms with E-state index in [0.717, 1.165) is 5.69 Å². The smallest absolute Gasteiger partial charge is 0.387 e. The third-order valence-corrected chi connectivity index (χ3v) is 3.42. The van der Waals surface area contributed by atoms with Crippen LogP contribution in [0.4, 0.5) is 14.5 Å². The predicted octanol–water partition coefficient (Wildman–Crippen LogP) is 3.86. The number of aryl methyl sites for hydroxylation is 1. The van der Waals surface area contributed by atoms with E-state index in [1.165, 1.54) is 23.0 Å². The fourth-order valence-corrected chi connectivity index (χ4v) is 2.09. The number of ether oxygens (including phenoxy) is 1. The molecule has 0 saturated carbocycles. The van der Waals surface area contributed by atoms with Crippen molar-refractivity contribution >= 4 is 5.69 Å². The highest BCUT2D eigenvalue weighted by Crippen LogP contribution is 2.21. The number of rotatable bonds is 5. The minimum absolute atomic E-state index is 0.158. The van der Waals surface area contributed by atoms with Crippen LogP contribution < -0.4 is 10.1 Å². The molecule has 0 bridgehead atoms. The second-order valence-electron chi connectivity index (χ2n) is 4.72. The number of hydrogen-bond donors (Lipinski definition) is 1. The molecule has 0 unspecified atom stereocenters. The zero-order chi connectivity index (χ0) is 14.7. The van der Waals surface area contributed by atoms with Crippen molar-refractivity contribution in [3.8, 4) is 5.75 Å². The molecule has 1 N–H and O–H groups in total. The molecule has 1 aromatic heterocycles. The number of aromatic nitrogens is 1. The third kappa shape index (κ3) is 3.29. The van der Waals surface area contributed by atoms with Crippen molar-refractivity contribution in [2.45, 2.75) is 27.0 Å². The first kappa shape index (κ1) is 14.4. The Kier molecular flexibility index (Phi) is 4.27. The minimum atomic E-state index is -2.80. The van der Waals surface area contributed by atoms with Gasteiger partial charge in [-0.05, 0) is 37.6 Å². The number of hydrogen-bond acceptors (Lipinski definition) is 2. The number of benzene rings is 1. The minimum Gasteiger partial charge on any atom is -0.435 e. The molecule has 0 atom stereocenters. The summed E-state index contributed by atoms with van der Waals surface area (Å²) in [6.07, 6.45) is 0. The van der Waals surface area contributed by atoms with Crippen LogP contribution in [-0.2, 0) is 13.6 Å². The first-order valence-electron chi connectivity index (χ1n) is 6.38. The van der Waals surface area contributed by atoms with Crippen LogP contribution in [0.25, 0.3) is 0 Å². The van der Waals surface area contributed by atoms with E-state index in [2.05, 4.69) is 27.6 Å². The molecule has 0 saturated heterocycles. The molecule has 0 amide bonds. The first-order valence-corrected chi connectivity index (χ1v) is 6.38. The number of halogens is 2. The van der Waals surface area contributed by atoms with Gasteiger partial charge in [-0.15, -0.1) is 0 Å². The molecule has 5 heteroatoms. The van der Waals surface area contributed by atoms with Gasteiger partial charge in [0, 0.05) is 36.7 Å². The maximum Gasteiger partial charge on any atom is 0.387 e. The summed E-state index contributed by atoms with van der Waals surface area (Å²) in [6, 6.07) is 8.70. The van der Waals surface area contributed by atoms with Gasteiger partial charge in [-0.25, -0.2) is 0 Å². The van der Waals surface area contributed by atoms with E-state index in [4.69, 9.17) is 0 Å². The van der Waals surface area contributed by atoms with Gasteiger partial charge in [0.1, 0.15) is 5.75 Å². The van der Waals surface area contributed by atoms with Gasteiger partial charge in [0.25, 0.3) is 0 Å². The highest BCUT2D eigenvalue weighted by molar-refractivity contribution is 5.49. The lowest BCUT2D eigenvalue weighted by Crippen LogP contribution is -2.04. The fraction of sp³-hybridized carbons (Fsp3) is 0.333. The van der Waals surface area contributed by atoms with E-state index in [1.807, 2.05) is 20.0 Å². The summed E-state index contributed by atoms with van der Waals surface area (Å²) in [5.41, 5.74) is 4.32. The Morgan fingerprint density at radius 2 is 2.00 bits per heavy atom. The molecule has 108 valence electrons. The number of anilines is 1. The van der Waals surface area contributed by atoms with E-state index < -0.39 is 6.61 Å². The second-order valence-corrected chi connectivity index (χ2v) is 4.72. The van der Waals surface area contributed by atoms with Crippen LogP contribution in [0.1, 0.15) is 17.0 Å². The largest absolute Gasteiger partial charge is 0.435 e. The molecule has 3 nitrogen and oxygen atoms in total. The normalized spacial score (nSPS) is 10.9. The van der Waals surface area contributed by atoms with E-state index in [-0.39, 0.29) is 5.75 Å². The standard InChI is InChI=1S/C15H18F2N2O/c1-10-7-12(11(2)19(10)3)9-18-13-5-4-6-14(8-13)20-15(16)17/h4-8,15,18H,9H2,1-3H3. The Bertz CT molecular complexity index is 594. The Morgan fingerprint density at radius 3 is 2.60 bits per heavy atom. The highest BCUT2D eigenvalue weighted by atomic mass is 19.3. The van der Waals surface area contributed by atoms with Crippen molar-refractivity contribution in [1.29, 1.82) is 0 Å². The van der Waals surface area contributed by atoms with Crippen LogP contribution in [0.5, 0.6) is 5.75 Å². The van der Waals surface area contributed by atoms with Crippen molar-refractivity contribution in [2.24, 2.45) is 7.05 Å². The maximum absolute atomic E-state index is 12.2. The highest BCUT2D eigenvalue weighted by Gasteiger charge is 2.07. The van der Waals surface area contributed by atoms with E-state index in [1.54, 1.807) is 12.1 Å². The summed E-state index contributed by atoms with van der Waals surface area (Å²) in [5, 5.41) is 3.22. The predicted molar refractivity (Wildman–Crippen MR) is 75.3 cm³/mol. The zero-order valence-electron chi connectivity index (χ0n) is 11.8. The van der Waals surface area contributed by atoms with Crippen LogP contribution in [0.3, 0.4) is 0 Å². The Hall–Kier alpha value is -2.04. The van der Waals surface area contributed by atoms with Crippen molar-refractivity contribution < 1.29 is 13.5 Å². The second kappa shape index (κ2) is 5.94. The van der Waals surface area contributed by atoms with Crippen LogP contribution in [0, 0.1) is 13.8 Å². The lowest BCUT2D eigenvalue weighted by molar-refractivity contribution is -0.0498. The molecular formula is C15H18F2N2O. The molecule has 0 fully saturated rings. The summed E-state index contributed by atoms with van der Waals surface area (Å²) in [4.78, 5) is 0. The summed E-state index contributed by atoms with van der Waals surface area (Å²) in [7, 11) is 2.02. The molecule has 20 heavy (non-hydrogen) atoms. The zero-order valence-corrected chi connectivity index (χ0v) is 11.8. The monoisotopic (exact) mass is 280 g/mol. The quantitative estimate of drug-likeness (QED) is 0.900. The molecule has 0 radical (unpaired) electrons. The van der Waals surface area contributed by atoms with Crippen molar-refractivity contribution in [3.05, 3.63) is 47.3 Å². The molecule has 0 aliphatic carbocycles. The van der Waals surface area contributed by atoms with Gasteiger partial charge in [-0.1, -0.05) is 6.07 Å². The van der Waals surface area contributed by atoms with Crippen LogP contribution in [-0.4, -0.2) is 11.2 Å². The van der Waals surface area contributed by atoms with E-state index in [0.29, 0.717) is 6.54 Å². The molecule has 2 rings (SSSR count). The van der Waals surface area contributed by atoms with Crippen LogP contribution >= 0.6 is 0 Å². The van der Waals surface area contributed by atoms with Gasteiger partial charge in [0.15, 0.2) is 0 Å². The van der Waals surface area contributed by atoms with Gasteiger partial charge < -0.3 is 14.6 Å². The summed E-state index contributed by atoms with van der Waals surface area (Å²) < 4.78 is 30.8. The lowest BCUT2D eigenvalue weighted by atomic mass is 10.2. The Balaban J connectivity index is 2.05. The van der Waals surface area contributed by atoms with Crippen LogP contribution in [0.15, 0.2) is 30.3 Å².